The highest BCUT2D eigenvalue weighted by atomic mass is 79.9. The minimum absolute atomic E-state index is 0.102. The Morgan fingerprint density at radius 2 is 2.06 bits per heavy atom. The highest BCUT2D eigenvalue weighted by Crippen LogP contribution is 2.38. The molecule has 2 atom stereocenters. The van der Waals surface area contributed by atoms with E-state index in [1.54, 1.807) is 0 Å². The monoisotopic (exact) mass is 332 g/mol. The summed E-state index contributed by atoms with van der Waals surface area (Å²) >= 11 is 3.62. The van der Waals surface area contributed by atoms with Crippen molar-refractivity contribution in [1.29, 1.82) is 0 Å². The van der Waals surface area contributed by atoms with Crippen LogP contribution in [-0.4, -0.2) is 26.5 Å². The first-order chi connectivity index (χ1) is 8.52. The molecule has 3 nitrogen and oxygen atoms in total. The van der Waals surface area contributed by atoms with Crippen molar-refractivity contribution in [3.63, 3.8) is 0 Å². The van der Waals surface area contributed by atoms with Gasteiger partial charge >= 0.3 is 0 Å². The van der Waals surface area contributed by atoms with E-state index in [4.69, 9.17) is 4.74 Å². The molecule has 1 aliphatic heterocycles. The lowest BCUT2D eigenvalue weighted by atomic mass is 9.99. The molecule has 0 radical (unpaired) electrons. The summed E-state index contributed by atoms with van der Waals surface area (Å²) in [5.74, 6) is 1.63. The summed E-state index contributed by atoms with van der Waals surface area (Å²) in [6, 6.07) is 7.85. The molecule has 1 fully saturated rings. The average Bonchev–Trinajstić information content (AvgIpc) is 2.70. The molecule has 0 bridgehead atoms. The van der Waals surface area contributed by atoms with Crippen LogP contribution in [0.15, 0.2) is 24.3 Å². The molecule has 0 amide bonds. The van der Waals surface area contributed by atoms with E-state index in [-0.39, 0.29) is 16.5 Å². The topological polar surface area (TPSA) is 43.4 Å². The molecule has 18 heavy (non-hydrogen) atoms. The van der Waals surface area contributed by atoms with E-state index in [1.165, 1.54) is 0 Å². The zero-order valence-electron chi connectivity index (χ0n) is 10.3. The number of alkyl halides is 1. The summed E-state index contributed by atoms with van der Waals surface area (Å²) in [7, 11) is -2.82. The predicted octanol–water partition coefficient (Wildman–Crippen LogP) is 2.96. The van der Waals surface area contributed by atoms with Gasteiger partial charge in [-0.15, -0.1) is 0 Å². The summed E-state index contributed by atoms with van der Waals surface area (Å²) in [5.41, 5.74) is 1.11. The van der Waals surface area contributed by atoms with Crippen LogP contribution in [0, 0.1) is 5.92 Å². The molecule has 1 saturated heterocycles. The largest absolute Gasteiger partial charge is 0.494 e. The van der Waals surface area contributed by atoms with Crippen molar-refractivity contribution < 1.29 is 13.2 Å². The lowest BCUT2D eigenvalue weighted by molar-refractivity contribution is 0.340. The molecule has 0 aliphatic carbocycles. The molecule has 0 spiro atoms. The lowest BCUT2D eigenvalue weighted by Gasteiger charge is -2.16. The summed E-state index contributed by atoms with van der Waals surface area (Å²) < 4.78 is 28.3. The molecule has 1 heterocycles. The zero-order chi connectivity index (χ0) is 13.2. The van der Waals surface area contributed by atoms with Crippen LogP contribution >= 0.6 is 15.9 Å². The third-order valence-corrected chi connectivity index (χ3v) is 6.26. The highest BCUT2D eigenvalue weighted by molar-refractivity contribution is 9.09. The van der Waals surface area contributed by atoms with Gasteiger partial charge in [0.15, 0.2) is 9.84 Å². The summed E-state index contributed by atoms with van der Waals surface area (Å²) in [5, 5.41) is 0. The second kappa shape index (κ2) is 5.61. The first kappa shape index (κ1) is 13.9. The smallest absolute Gasteiger partial charge is 0.150 e. The normalized spacial score (nSPS) is 23.8. The molecule has 1 aromatic carbocycles. The van der Waals surface area contributed by atoms with Crippen LogP contribution in [0.2, 0.25) is 0 Å². The number of sulfone groups is 1. The Bertz CT molecular complexity index is 495. The fraction of sp³-hybridized carbons (Fsp3) is 0.538. The Hall–Kier alpha value is -0.550. The second-order valence-corrected chi connectivity index (χ2v) is 7.78. The molecular weight excluding hydrogens is 316 g/mol. The van der Waals surface area contributed by atoms with Crippen LogP contribution in [0.25, 0.3) is 0 Å². The molecule has 2 unspecified atom stereocenters. The standard InChI is InChI=1S/C13H17BrO3S/c1-2-17-12-5-3-10(4-6-12)13(14)11-7-8-18(15,16)9-11/h3-6,11,13H,2,7-9H2,1H3. The fourth-order valence-electron chi connectivity index (χ4n) is 2.24. The molecule has 0 saturated carbocycles. The van der Waals surface area contributed by atoms with Crippen molar-refractivity contribution >= 4 is 25.8 Å². The minimum Gasteiger partial charge on any atom is -0.494 e. The van der Waals surface area contributed by atoms with Gasteiger partial charge in [0.05, 0.1) is 18.1 Å². The Morgan fingerprint density at radius 3 is 2.56 bits per heavy atom. The van der Waals surface area contributed by atoms with Crippen molar-refractivity contribution in [2.24, 2.45) is 5.92 Å². The van der Waals surface area contributed by atoms with Gasteiger partial charge in [0.25, 0.3) is 0 Å². The van der Waals surface area contributed by atoms with E-state index in [0.717, 1.165) is 17.7 Å². The fourth-order valence-corrected chi connectivity index (χ4v) is 5.09. The summed E-state index contributed by atoms with van der Waals surface area (Å²) in [6.07, 6.45) is 0.742. The molecule has 100 valence electrons. The van der Waals surface area contributed by atoms with E-state index < -0.39 is 9.84 Å². The molecule has 1 aliphatic rings. The summed E-state index contributed by atoms with van der Waals surface area (Å²) in [4.78, 5) is 0.102. The third-order valence-electron chi connectivity index (χ3n) is 3.19. The van der Waals surface area contributed by atoms with Gasteiger partial charge in [-0.2, -0.15) is 0 Å². The average molecular weight is 333 g/mol. The number of halogens is 1. The second-order valence-electron chi connectivity index (χ2n) is 4.57. The van der Waals surface area contributed by atoms with Crippen molar-refractivity contribution in [3.8, 4) is 5.75 Å². The van der Waals surface area contributed by atoms with E-state index in [0.29, 0.717) is 12.4 Å². The number of hydrogen-bond donors (Lipinski definition) is 0. The predicted molar refractivity (Wildman–Crippen MR) is 76.0 cm³/mol. The van der Waals surface area contributed by atoms with E-state index in [9.17, 15) is 8.42 Å². The lowest BCUT2D eigenvalue weighted by Crippen LogP contribution is -2.10. The van der Waals surface area contributed by atoms with Crippen LogP contribution < -0.4 is 4.74 Å². The number of rotatable bonds is 4. The van der Waals surface area contributed by atoms with Crippen LogP contribution in [-0.2, 0) is 9.84 Å². The van der Waals surface area contributed by atoms with Crippen LogP contribution in [0.5, 0.6) is 5.75 Å². The van der Waals surface area contributed by atoms with Gasteiger partial charge < -0.3 is 4.74 Å². The Morgan fingerprint density at radius 1 is 1.39 bits per heavy atom. The minimum atomic E-state index is -2.82. The molecule has 5 heteroatoms. The van der Waals surface area contributed by atoms with E-state index in [2.05, 4.69) is 15.9 Å². The SMILES string of the molecule is CCOc1ccc(C(Br)C2CCS(=O)(=O)C2)cc1. The number of benzene rings is 1. The Kier molecular flexibility index (Phi) is 4.33. The highest BCUT2D eigenvalue weighted by Gasteiger charge is 2.33. The Labute approximate surface area is 117 Å². The van der Waals surface area contributed by atoms with Crippen LogP contribution in [0.1, 0.15) is 23.7 Å². The van der Waals surface area contributed by atoms with Crippen molar-refractivity contribution in [1.82, 2.24) is 0 Å². The molecule has 1 aromatic rings. The van der Waals surface area contributed by atoms with Gasteiger partial charge in [0.2, 0.25) is 0 Å². The number of ether oxygens (including phenoxy) is 1. The van der Waals surface area contributed by atoms with E-state index >= 15 is 0 Å². The van der Waals surface area contributed by atoms with Gasteiger partial charge in [-0.25, -0.2) is 8.42 Å². The first-order valence-corrected chi connectivity index (χ1v) is 8.83. The van der Waals surface area contributed by atoms with E-state index in [1.807, 2.05) is 31.2 Å². The quantitative estimate of drug-likeness (QED) is 0.796. The van der Waals surface area contributed by atoms with Gasteiger partial charge in [-0.3, -0.25) is 0 Å². The van der Waals surface area contributed by atoms with Crippen LogP contribution in [0.4, 0.5) is 0 Å². The van der Waals surface area contributed by atoms with Gasteiger partial charge in [0.1, 0.15) is 5.75 Å². The molecule has 0 aromatic heterocycles. The molecule has 0 N–H and O–H groups in total. The Balaban J connectivity index is 2.07. The van der Waals surface area contributed by atoms with Crippen LogP contribution in [0.3, 0.4) is 0 Å². The summed E-state index contributed by atoms with van der Waals surface area (Å²) in [6.45, 7) is 2.60. The van der Waals surface area contributed by atoms with Crippen molar-refractivity contribution in [3.05, 3.63) is 29.8 Å². The van der Waals surface area contributed by atoms with Crippen molar-refractivity contribution in [2.45, 2.75) is 18.2 Å². The van der Waals surface area contributed by atoms with Crippen molar-refractivity contribution in [2.75, 3.05) is 18.1 Å². The maximum atomic E-state index is 11.5. The first-order valence-electron chi connectivity index (χ1n) is 6.09. The maximum absolute atomic E-state index is 11.5. The zero-order valence-corrected chi connectivity index (χ0v) is 12.7. The van der Waals surface area contributed by atoms with Gasteiger partial charge in [0, 0.05) is 4.83 Å². The maximum Gasteiger partial charge on any atom is 0.150 e. The van der Waals surface area contributed by atoms with Gasteiger partial charge in [-0.05, 0) is 37.0 Å². The van der Waals surface area contributed by atoms with Gasteiger partial charge in [-0.1, -0.05) is 28.1 Å². The third kappa shape index (κ3) is 3.26. The molecule has 2 rings (SSSR count). The molecular formula is C13H17BrO3S. The number of hydrogen-bond acceptors (Lipinski definition) is 3.